The summed E-state index contributed by atoms with van der Waals surface area (Å²) < 4.78 is 32.9. The number of likely N-dealkylation sites (tertiary alicyclic amines) is 1. The van der Waals surface area contributed by atoms with Crippen LogP contribution in [-0.2, 0) is 27.7 Å². The first-order valence-electron chi connectivity index (χ1n) is 10.5. The third kappa shape index (κ3) is 5.31. The van der Waals surface area contributed by atoms with E-state index < -0.39 is 10.0 Å². The molecule has 2 heterocycles. The first-order valence-corrected chi connectivity index (χ1v) is 12.9. The summed E-state index contributed by atoms with van der Waals surface area (Å²) in [6, 6.07) is 18.5. The molecule has 1 N–H and O–H groups in total. The number of methoxy groups -OCH3 is 1. The Kier molecular flexibility index (Phi) is 6.81. The number of hydrogen-bond donors (Lipinski definition) is 1. The summed E-state index contributed by atoms with van der Waals surface area (Å²) in [6.45, 7) is 0.770. The summed E-state index contributed by atoms with van der Waals surface area (Å²) in [5.41, 5.74) is 2.50. The Morgan fingerprint density at radius 1 is 1.12 bits per heavy atom. The number of amides is 1. The van der Waals surface area contributed by atoms with Gasteiger partial charge in [-0.2, -0.15) is 0 Å². The Morgan fingerprint density at radius 2 is 1.94 bits per heavy atom. The standard InChI is InChI=1S/C24H26N2O4S2/c1-30-22-7-2-5-19(16-22)15-21-6-3-13-26(21)23(27)17-18-9-11-20(12-10-18)25-32(28,29)24-8-4-14-31-24/h2,4-5,7-12,14,16,21,25H,3,6,13,15,17H2,1H3. The maximum Gasteiger partial charge on any atom is 0.271 e. The van der Waals surface area contributed by atoms with Gasteiger partial charge in [0, 0.05) is 18.3 Å². The van der Waals surface area contributed by atoms with Gasteiger partial charge in [0.2, 0.25) is 5.91 Å². The highest BCUT2D eigenvalue weighted by Crippen LogP contribution is 2.25. The Balaban J connectivity index is 1.37. The number of carbonyl (C=O) groups excluding carboxylic acids is 1. The van der Waals surface area contributed by atoms with E-state index in [9.17, 15) is 13.2 Å². The molecule has 0 aliphatic carbocycles. The highest BCUT2D eigenvalue weighted by Gasteiger charge is 2.28. The predicted octanol–water partition coefficient (Wildman–Crippen LogP) is 4.33. The van der Waals surface area contributed by atoms with Crippen LogP contribution >= 0.6 is 11.3 Å². The summed E-state index contributed by atoms with van der Waals surface area (Å²) in [5, 5.41) is 1.73. The third-order valence-corrected chi connectivity index (χ3v) is 8.40. The van der Waals surface area contributed by atoms with Crippen molar-refractivity contribution in [3.63, 3.8) is 0 Å². The van der Waals surface area contributed by atoms with Gasteiger partial charge in [-0.05, 0) is 66.1 Å². The van der Waals surface area contributed by atoms with Gasteiger partial charge in [0.1, 0.15) is 9.96 Å². The minimum Gasteiger partial charge on any atom is -0.497 e. The zero-order chi connectivity index (χ0) is 22.6. The van der Waals surface area contributed by atoms with Crippen LogP contribution in [0.2, 0.25) is 0 Å². The van der Waals surface area contributed by atoms with E-state index in [1.54, 1.807) is 48.9 Å². The molecule has 3 aromatic rings. The predicted molar refractivity (Wildman–Crippen MR) is 127 cm³/mol. The number of benzene rings is 2. The number of nitrogens with one attached hydrogen (secondary N) is 1. The minimum atomic E-state index is -3.58. The minimum absolute atomic E-state index is 0.0994. The number of nitrogens with zero attached hydrogens (tertiary/aromatic N) is 1. The normalized spacial score (nSPS) is 16.2. The molecule has 2 aromatic carbocycles. The molecule has 0 radical (unpaired) electrons. The van der Waals surface area contributed by atoms with Crippen molar-refractivity contribution in [2.24, 2.45) is 0 Å². The van der Waals surface area contributed by atoms with E-state index in [2.05, 4.69) is 10.8 Å². The highest BCUT2D eigenvalue weighted by atomic mass is 32.2. The molecule has 0 bridgehead atoms. The quantitative estimate of drug-likeness (QED) is 0.532. The van der Waals surface area contributed by atoms with E-state index in [4.69, 9.17) is 4.74 Å². The van der Waals surface area contributed by atoms with Crippen molar-refractivity contribution < 1.29 is 17.9 Å². The summed E-state index contributed by atoms with van der Waals surface area (Å²) in [5.74, 6) is 0.926. The maximum absolute atomic E-state index is 13.0. The van der Waals surface area contributed by atoms with Gasteiger partial charge < -0.3 is 9.64 Å². The molecule has 1 atom stereocenters. The second-order valence-electron chi connectivity index (χ2n) is 7.85. The first-order chi connectivity index (χ1) is 15.4. The van der Waals surface area contributed by atoms with Crippen LogP contribution in [0.5, 0.6) is 5.75 Å². The van der Waals surface area contributed by atoms with Gasteiger partial charge in [0.25, 0.3) is 10.0 Å². The van der Waals surface area contributed by atoms with Gasteiger partial charge in [0.05, 0.1) is 13.5 Å². The molecule has 1 aromatic heterocycles. The number of hydrogen-bond acceptors (Lipinski definition) is 5. The number of anilines is 1. The number of ether oxygens (including phenoxy) is 1. The van der Waals surface area contributed by atoms with Crippen LogP contribution in [0.1, 0.15) is 24.0 Å². The lowest BCUT2D eigenvalue weighted by molar-refractivity contribution is -0.131. The van der Waals surface area contributed by atoms with Crippen molar-refractivity contribution in [1.29, 1.82) is 0 Å². The molecule has 32 heavy (non-hydrogen) atoms. The van der Waals surface area contributed by atoms with Gasteiger partial charge in [-0.15, -0.1) is 11.3 Å². The largest absolute Gasteiger partial charge is 0.497 e. The molecule has 0 saturated carbocycles. The Labute approximate surface area is 192 Å². The second kappa shape index (κ2) is 9.75. The lowest BCUT2D eigenvalue weighted by Gasteiger charge is -2.25. The summed E-state index contributed by atoms with van der Waals surface area (Å²) >= 11 is 1.17. The lowest BCUT2D eigenvalue weighted by atomic mass is 10.0. The van der Waals surface area contributed by atoms with Crippen molar-refractivity contribution in [3.8, 4) is 5.75 Å². The van der Waals surface area contributed by atoms with Gasteiger partial charge in [-0.1, -0.05) is 30.3 Å². The van der Waals surface area contributed by atoms with Crippen molar-refractivity contribution in [3.05, 3.63) is 77.2 Å². The van der Waals surface area contributed by atoms with Gasteiger partial charge in [-0.3, -0.25) is 9.52 Å². The fourth-order valence-corrected chi connectivity index (χ4v) is 6.09. The van der Waals surface area contributed by atoms with E-state index in [1.165, 1.54) is 11.3 Å². The molecular formula is C24H26N2O4S2. The van der Waals surface area contributed by atoms with Crippen LogP contribution < -0.4 is 9.46 Å². The molecular weight excluding hydrogens is 444 g/mol. The van der Waals surface area contributed by atoms with Crippen LogP contribution in [-0.4, -0.2) is 38.9 Å². The van der Waals surface area contributed by atoms with Crippen LogP contribution in [0, 0.1) is 0 Å². The Bertz CT molecular complexity index is 1160. The molecule has 1 amide bonds. The molecule has 1 fully saturated rings. The molecule has 8 heteroatoms. The Morgan fingerprint density at radius 3 is 2.66 bits per heavy atom. The summed E-state index contributed by atoms with van der Waals surface area (Å²) in [7, 11) is -1.92. The molecule has 0 spiro atoms. The first kappa shape index (κ1) is 22.4. The molecule has 6 nitrogen and oxygen atoms in total. The summed E-state index contributed by atoms with van der Waals surface area (Å²) in [4.78, 5) is 15.0. The van der Waals surface area contributed by atoms with Gasteiger partial charge >= 0.3 is 0 Å². The van der Waals surface area contributed by atoms with Gasteiger partial charge in [-0.25, -0.2) is 8.42 Å². The average molecular weight is 471 g/mol. The van der Waals surface area contributed by atoms with Crippen molar-refractivity contribution in [1.82, 2.24) is 4.90 Å². The second-order valence-corrected chi connectivity index (χ2v) is 10.7. The van der Waals surface area contributed by atoms with E-state index in [1.807, 2.05) is 23.1 Å². The zero-order valence-electron chi connectivity index (χ0n) is 17.9. The molecule has 1 aliphatic rings. The fraction of sp³-hybridized carbons (Fsp3) is 0.292. The van der Waals surface area contributed by atoms with Crippen molar-refractivity contribution in [2.45, 2.75) is 35.9 Å². The van der Waals surface area contributed by atoms with Gasteiger partial charge in [0.15, 0.2) is 0 Å². The zero-order valence-corrected chi connectivity index (χ0v) is 19.5. The van der Waals surface area contributed by atoms with E-state index in [0.717, 1.165) is 42.7 Å². The van der Waals surface area contributed by atoms with Crippen LogP contribution in [0.3, 0.4) is 0 Å². The molecule has 1 aliphatic heterocycles. The molecule has 4 rings (SSSR count). The van der Waals surface area contributed by atoms with Crippen LogP contribution in [0.15, 0.2) is 70.3 Å². The number of sulfonamides is 1. The molecule has 1 unspecified atom stereocenters. The summed E-state index contributed by atoms with van der Waals surface area (Å²) in [6.07, 6.45) is 3.11. The lowest BCUT2D eigenvalue weighted by Crippen LogP contribution is -2.37. The topological polar surface area (TPSA) is 75.7 Å². The van der Waals surface area contributed by atoms with Crippen molar-refractivity contribution in [2.75, 3.05) is 18.4 Å². The SMILES string of the molecule is COc1cccc(CC2CCCN2C(=O)Cc2ccc(NS(=O)(=O)c3cccs3)cc2)c1. The fourth-order valence-electron chi connectivity index (χ4n) is 4.04. The van der Waals surface area contributed by atoms with Crippen LogP contribution in [0.25, 0.3) is 0 Å². The monoisotopic (exact) mass is 470 g/mol. The van der Waals surface area contributed by atoms with Crippen molar-refractivity contribution >= 4 is 33.0 Å². The van der Waals surface area contributed by atoms with E-state index in [0.29, 0.717) is 12.1 Å². The molecule has 1 saturated heterocycles. The average Bonchev–Trinajstić information content (AvgIpc) is 3.48. The number of carbonyl (C=O) groups is 1. The third-order valence-electron chi connectivity index (χ3n) is 5.62. The van der Waals surface area contributed by atoms with E-state index >= 15 is 0 Å². The highest BCUT2D eigenvalue weighted by molar-refractivity contribution is 7.94. The number of thiophene rings is 1. The molecule has 168 valence electrons. The maximum atomic E-state index is 13.0. The number of rotatable bonds is 8. The van der Waals surface area contributed by atoms with Crippen LogP contribution in [0.4, 0.5) is 5.69 Å². The van der Waals surface area contributed by atoms with E-state index in [-0.39, 0.29) is 16.2 Å². The smallest absolute Gasteiger partial charge is 0.271 e. The Hall–Kier alpha value is -2.84.